The number of anilines is 1. The molecule has 1 aromatic carbocycles. The number of aromatic nitrogens is 1. The number of non-ortho nitro benzene ring substituents is 1. The third-order valence-electron chi connectivity index (χ3n) is 2.41. The van der Waals surface area contributed by atoms with Gasteiger partial charge >= 0.3 is 0 Å². The van der Waals surface area contributed by atoms with Gasteiger partial charge in [-0.3, -0.25) is 14.8 Å². The number of rotatable bonds is 4. The lowest BCUT2D eigenvalue weighted by molar-refractivity contribution is -0.384. The number of nitro groups is 1. The van der Waals surface area contributed by atoms with Crippen molar-refractivity contribution in [2.75, 3.05) is 4.72 Å². The lowest BCUT2D eigenvalue weighted by Crippen LogP contribution is -2.13. The van der Waals surface area contributed by atoms with Gasteiger partial charge in [0.1, 0.15) is 10.4 Å². The van der Waals surface area contributed by atoms with Crippen molar-refractivity contribution >= 4 is 37.3 Å². The first kappa shape index (κ1) is 15.3. The van der Waals surface area contributed by atoms with Gasteiger partial charge in [-0.1, -0.05) is 0 Å². The van der Waals surface area contributed by atoms with Crippen LogP contribution in [0.25, 0.3) is 0 Å². The van der Waals surface area contributed by atoms with Crippen LogP contribution in [0.5, 0.6) is 0 Å². The fourth-order valence-corrected chi connectivity index (χ4v) is 2.95. The highest BCUT2D eigenvalue weighted by atomic mass is 79.9. The van der Waals surface area contributed by atoms with Crippen molar-refractivity contribution in [3.05, 3.63) is 57.1 Å². The standard InChI is InChI=1S/C11H7BrFN3O4S/c12-11-10(5-7(13)6-14-11)15-21(19,20)9-3-1-8(2-4-9)16(17)18/h1-6,15H. The van der Waals surface area contributed by atoms with E-state index in [2.05, 4.69) is 25.6 Å². The Kier molecular flexibility index (Phi) is 4.19. The van der Waals surface area contributed by atoms with E-state index >= 15 is 0 Å². The smallest absolute Gasteiger partial charge is 0.269 e. The summed E-state index contributed by atoms with van der Waals surface area (Å²) in [5.41, 5.74) is -0.309. The van der Waals surface area contributed by atoms with E-state index in [9.17, 15) is 22.9 Å². The summed E-state index contributed by atoms with van der Waals surface area (Å²) >= 11 is 2.99. The molecule has 1 aromatic heterocycles. The summed E-state index contributed by atoms with van der Waals surface area (Å²) in [5.74, 6) is -0.709. The summed E-state index contributed by atoms with van der Waals surface area (Å²) in [6.45, 7) is 0. The molecule has 21 heavy (non-hydrogen) atoms. The Bertz CT molecular complexity index is 796. The molecule has 7 nitrogen and oxygen atoms in total. The van der Waals surface area contributed by atoms with Gasteiger partial charge in [0.2, 0.25) is 0 Å². The topological polar surface area (TPSA) is 102 Å². The predicted molar refractivity (Wildman–Crippen MR) is 75.8 cm³/mol. The Balaban J connectivity index is 2.34. The maximum atomic E-state index is 13.1. The number of sulfonamides is 1. The molecule has 0 spiro atoms. The molecule has 2 aromatic rings. The van der Waals surface area contributed by atoms with Crippen molar-refractivity contribution in [1.82, 2.24) is 4.98 Å². The Labute approximate surface area is 127 Å². The number of hydrogen-bond donors (Lipinski definition) is 1. The molecule has 0 fully saturated rings. The van der Waals surface area contributed by atoms with Gasteiger partial charge < -0.3 is 0 Å². The monoisotopic (exact) mass is 375 g/mol. The lowest BCUT2D eigenvalue weighted by Gasteiger charge is -2.09. The van der Waals surface area contributed by atoms with Crippen molar-refractivity contribution in [3.63, 3.8) is 0 Å². The lowest BCUT2D eigenvalue weighted by atomic mass is 10.3. The van der Waals surface area contributed by atoms with E-state index in [1.807, 2.05) is 0 Å². The Morgan fingerprint density at radius 3 is 2.48 bits per heavy atom. The second-order valence-corrected chi connectivity index (χ2v) is 6.28. The van der Waals surface area contributed by atoms with Gasteiger partial charge in [0.15, 0.2) is 0 Å². The first-order valence-corrected chi connectivity index (χ1v) is 7.65. The zero-order valence-corrected chi connectivity index (χ0v) is 12.6. The predicted octanol–water partition coefficient (Wildman–Crippen LogP) is 2.69. The number of pyridine rings is 1. The van der Waals surface area contributed by atoms with E-state index < -0.39 is 20.8 Å². The van der Waals surface area contributed by atoms with Gasteiger partial charge in [-0.2, -0.15) is 0 Å². The number of hydrogen-bond acceptors (Lipinski definition) is 5. The summed E-state index contributed by atoms with van der Waals surface area (Å²) in [4.78, 5) is 13.3. The fourth-order valence-electron chi connectivity index (χ4n) is 1.44. The van der Waals surface area contributed by atoms with Gasteiger partial charge in [-0.25, -0.2) is 17.8 Å². The molecular weight excluding hydrogens is 369 g/mol. The summed E-state index contributed by atoms with van der Waals surface area (Å²) < 4.78 is 39.5. The van der Waals surface area contributed by atoms with E-state index in [1.54, 1.807) is 0 Å². The van der Waals surface area contributed by atoms with Crippen molar-refractivity contribution in [2.45, 2.75) is 4.90 Å². The van der Waals surface area contributed by atoms with Crippen molar-refractivity contribution in [1.29, 1.82) is 0 Å². The zero-order chi connectivity index (χ0) is 15.6. The first-order valence-electron chi connectivity index (χ1n) is 5.38. The highest BCUT2D eigenvalue weighted by Crippen LogP contribution is 2.24. The second-order valence-electron chi connectivity index (χ2n) is 3.85. The van der Waals surface area contributed by atoms with E-state index in [4.69, 9.17) is 0 Å². The largest absolute Gasteiger partial charge is 0.277 e. The molecule has 0 radical (unpaired) electrons. The molecular formula is C11H7BrFN3O4S. The Morgan fingerprint density at radius 2 is 1.90 bits per heavy atom. The van der Waals surface area contributed by atoms with E-state index in [0.29, 0.717) is 0 Å². The van der Waals surface area contributed by atoms with Crippen LogP contribution in [0, 0.1) is 15.9 Å². The van der Waals surface area contributed by atoms with Crippen LogP contribution in [0.15, 0.2) is 46.0 Å². The van der Waals surface area contributed by atoms with E-state index in [-0.39, 0.29) is 20.9 Å². The highest BCUT2D eigenvalue weighted by Gasteiger charge is 2.18. The molecule has 10 heteroatoms. The number of nitrogens with zero attached hydrogens (tertiary/aromatic N) is 2. The highest BCUT2D eigenvalue weighted by molar-refractivity contribution is 9.10. The summed E-state index contributed by atoms with van der Waals surface area (Å²) in [6, 6.07) is 5.25. The molecule has 0 bridgehead atoms. The molecule has 0 amide bonds. The van der Waals surface area contributed by atoms with Crippen molar-refractivity contribution in [3.8, 4) is 0 Å². The molecule has 2 rings (SSSR count). The molecule has 0 unspecified atom stereocenters. The number of halogens is 2. The molecule has 0 saturated heterocycles. The van der Waals surface area contributed by atoms with Gasteiger partial charge in [-0.05, 0) is 28.1 Å². The molecule has 0 aliphatic carbocycles. The SMILES string of the molecule is O=[N+]([O-])c1ccc(S(=O)(=O)Nc2cc(F)cnc2Br)cc1. The van der Waals surface area contributed by atoms with Crippen molar-refractivity contribution in [2.24, 2.45) is 0 Å². The molecule has 1 N–H and O–H groups in total. The first-order chi connectivity index (χ1) is 9.79. The molecule has 0 aliphatic rings. The van der Waals surface area contributed by atoms with Gasteiger partial charge in [0.25, 0.3) is 15.7 Å². The van der Waals surface area contributed by atoms with Gasteiger partial charge in [0.05, 0.1) is 21.7 Å². The third-order valence-corrected chi connectivity index (χ3v) is 4.42. The van der Waals surface area contributed by atoms with Crippen LogP contribution in [0.4, 0.5) is 15.8 Å². The molecule has 110 valence electrons. The van der Waals surface area contributed by atoms with Crippen LogP contribution in [0.1, 0.15) is 0 Å². The van der Waals surface area contributed by atoms with Crippen LogP contribution in [-0.4, -0.2) is 18.3 Å². The molecule has 0 saturated carbocycles. The minimum Gasteiger partial charge on any atom is -0.277 e. The average molecular weight is 376 g/mol. The number of nitrogens with one attached hydrogen (secondary N) is 1. The minimum absolute atomic E-state index is 0.0756. The summed E-state index contributed by atoms with van der Waals surface area (Å²) in [6.07, 6.45) is 0.924. The van der Waals surface area contributed by atoms with Gasteiger partial charge in [0, 0.05) is 18.2 Å². The third kappa shape index (κ3) is 3.52. The van der Waals surface area contributed by atoms with E-state index in [1.165, 1.54) is 0 Å². The maximum Gasteiger partial charge on any atom is 0.269 e. The normalized spacial score (nSPS) is 11.1. The van der Waals surface area contributed by atoms with Crippen LogP contribution >= 0.6 is 15.9 Å². The van der Waals surface area contributed by atoms with Crippen molar-refractivity contribution < 1.29 is 17.7 Å². The fraction of sp³-hybridized carbons (Fsp3) is 0. The maximum absolute atomic E-state index is 13.1. The van der Waals surface area contributed by atoms with E-state index in [0.717, 1.165) is 36.5 Å². The Hall–Kier alpha value is -2.07. The number of nitro benzene ring substituents is 1. The Morgan fingerprint density at radius 1 is 1.29 bits per heavy atom. The molecule has 0 aliphatic heterocycles. The van der Waals surface area contributed by atoms with Crippen LogP contribution in [0.3, 0.4) is 0 Å². The van der Waals surface area contributed by atoms with Crippen LogP contribution in [-0.2, 0) is 10.0 Å². The minimum atomic E-state index is -4.00. The van der Waals surface area contributed by atoms with Crippen LogP contribution < -0.4 is 4.72 Å². The molecule has 0 atom stereocenters. The van der Waals surface area contributed by atoms with Crippen LogP contribution in [0.2, 0.25) is 0 Å². The molecule has 1 heterocycles. The van der Waals surface area contributed by atoms with Gasteiger partial charge in [-0.15, -0.1) is 0 Å². The average Bonchev–Trinajstić information content (AvgIpc) is 2.43. The summed E-state index contributed by atoms with van der Waals surface area (Å²) in [5, 5.41) is 10.5. The quantitative estimate of drug-likeness (QED) is 0.502. The second kappa shape index (κ2) is 5.74. The summed E-state index contributed by atoms with van der Waals surface area (Å²) in [7, 11) is -4.00. The number of benzene rings is 1. The zero-order valence-electron chi connectivity index (χ0n) is 10.2.